The summed E-state index contributed by atoms with van der Waals surface area (Å²) in [6, 6.07) is 0. The predicted octanol–water partition coefficient (Wildman–Crippen LogP) is 2.30. The van der Waals surface area contributed by atoms with Crippen molar-refractivity contribution in [2.45, 2.75) is 45.6 Å². The van der Waals surface area contributed by atoms with Crippen LogP contribution in [0.25, 0.3) is 0 Å². The maximum absolute atomic E-state index is 10.4. The molecule has 0 aliphatic rings. The normalized spacial score (nSPS) is 15.3. The van der Waals surface area contributed by atoms with Gasteiger partial charge in [-0.2, -0.15) is 0 Å². The zero-order chi connectivity index (χ0) is 10.3. The fraction of sp³-hybridized carbons (Fsp3) is 0.900. The second-order valence-electron chi connectivity index (χ2n) is 3.42. The van der Waals surface area contributed by atoms with Gasteiger partial charge < -0.3 is 9.84 Å². The maximum atomic E-state index is 10.4. The van der Waals surface area contributed by atoms with Crippen LogP contribution in [0.15, 0.2) is 0 Å². The summed E-state index contributed by atoms with van der Waals surface area (Å²) in [6.07, 6.45) is 3.26. The number of rotatable bonds is 7. The second kappa shape index (κ2) is 6.89. The van der Waals surface area contributed by atoms with Crippen LogP contribution in [0.5, 0.6) is 0 Å². The van der Waals surface area contributed by atoms with Gasteiger partial charge in [0, 0.05) is 13.5 Å². The molecule has 0 spiro atoms. The van der Waals surface area contributed by atoms with E-state index in [1.807, 2.05) is 6.92 Å². The molecule has 13 heavy (non-hydrogen) atoms. The monoisotopic (exact) mass is 188 g/mol. The zero-order valence-corrected chi connectivity index (χ0v) is 8.75. The number of carboxylic acids is 1. The highest BCUT2D eigenvalue weighted by molar-refractivity contribution is 5.66. The molecule has 0 aliphatic heterocycles. The molecule has 0 aliphatic carbocycles. The maximum Gasteiger partial charge on any atom is 0.303 e. The van der Waals surface area contributed by atoms with Crippen LogP contribution in [0.4, 0.5) is 0 Å². The average molecular weight is 188 g/mol. The quantitative estimate of drug-likeness (QED) is 0.666. The van der Waals surface area contributed by atoms with E-state index in [-0.39, 0.29) is 12.5 Å². The van der Waals surface area contributed by atoms with Crippen LogP contribution < -0.4 is 0 Å². The lowest BCUT2D eigenvalue weighted by atomic mass is 9.93. The Labute approximate surface area is 80.1 Å². The van der Waals surface area contributed by atoms with Crippen molar-refractivity contribution < 1.29 is 14.6 Å². The van der Waals surface area contributed by atoms with Crippen LogP contribution in [0.3, 0.4) is 0 Å². The van der Waals surface area contributed by atoms with E-state index in [2.05, 4.69) is 6.92 Å². The minimum Gasteiger partial charge on any atom is -0.481 e. The summed E-state index contributed by atoms with van der Waals surface area (Å²) >= 11 is 0. The van der Waals surface area contributed by atoms with Gasteiger partial charge in [0.15, 0.2) is 0 Å². The van der Waals surface area contributed by atoms with Crippen molar-refractivity contribution in [2.75, 3.05) is 7.11 Å². The number of hydrogen-bond donors (Lipinski definition) is 1. The van der Waals surface area contributed by atoms with E-state index >= 15 is 0 Å². The summed E-state index contributed by atoms with van der Waals surface area (Å²) < 4.78 is 5.20. The Morgan fingerprint density at radius 2 is 2.08 bits per heavy atom. The summed E-state index contributed by atoms with van der Waals surface area (Å²) in [4.78, 5) is 10.4. The van der Waals surface area contributed by atoms with Crippen LogP contribution in [-0.4, -0.2) is 24.3 Å². The molecule has 0 radical (unpaired) electrons. The average Bonchev–Trinajstić information content (AvgIpc) is 2.10. The first-order chi connectivity index (χ1) is 6.11. The number of ether oxygens (including phenoxy) is 1. The third kappa shape index (κ3) is 5.64. The molecular formula is C10H20O3. The Morgan fingerprint density at radius 1 is 1.46 bits per heavy atom. The van der Waals surface area contributed by atoms with Gasteiger partial charge >= 0.3 is 5.97 Å². The van der Waals surface area contributed by atoms with Gasteiger partial charge in [-0.1, -0.05) is 13.3 Å². The van der Waals surface area contributed by atoms with Crippen molar-refractivity contribution in [1.29, 1.82) is 0 Å². The largest absolute Gasteiger partial charge is 0.481 e. The molecule has 78 valence electrons. The molecule has 0 heterocycles. The standard InChI is InChI=1S/C10H20O3/c1-4-5-9(8(2)13-3)6-7-10(11)12/h8-9H,4-7H2,1-3H3,(H,11,12). The Bertz CT molecular complexity index is 145. The van der Waals surface area contributed by atoms with Crippen molar-refractivity contribution in [3.05, 3.63) is 0 Å². The summed E-state index contributed by atoms with van der Waals surface area (Å²) in [7, 11) is 1.67. The summed E-state index contributed by atoms with van der Waals surface area (Å²) in [5.41, 5.74) is 0. The van der Waals surface area contributed by atoms with Gasteiger partial charge in [0.25, 0.3) is 0 Å². The van der Waals surface area contributed by atoms with Gasteiger partial charge in [-0.05, 0) is 25.7 Å². The SMILES string of the molecule is CCCC(CCC(=O)O)C(C)OC. The van der Waals surface area contributed by atoms with E-state index in [0.29, 0.717) is 5.92 Å². The van der Waals surface area contributed by atoms with E-state index in [4.69, 9.17) is 9.84 Å². The number of carbonyl (C=O) groups is 1. The molecule has 1 N–H and O–H groups in total. The van der Waals surface area contributed by atoms with E-state index in [1.165, 1.54) is 0 Å². The van der Waals surface area contributed by atoms with Crippen molar-refractivity contribution in [3.63, 3.8) is 0 Å². The highest BCUT2D eigenvalue weighted by Gasteiger charge is 2.16. The highest BCUT2D eigenvalue weighted by Crippen LogP contribution is 2.19. The number of hydrogen-bond acceptors (Lipinski definition) is 2. The minimum atomic E-state index is -0.718. The lowest BCUT2D eigenvalue weighted by Gasteiger charge is -2.21. The smallest absolute Gasteiger partial charge is 0.303 e. The zero-order valence-electron chi connectivity index (χ0n) is 8.75. The van der Waals surface area contributed by atoms with E-state index < -0.39 is 5.97 Å². The van der Waals surface area contributed by atoms with Crippen molar-refractivity contribution >= 4 is 5.97 Å². The minimum absolute atomic E-state index is 0.166. The topological polar surface area (TPSA) is 46.5 Å². The molecule has 3 nitrogen and oxygen atoms in total. The van der Waals surface area contributed by atoms with E-state index in [0.717, 1.165) is 19.3 Å². The van der Waals surface area contributed by atoms with Crippen molar-refractivity contribution in [2.24, 2.45) is 5.92 Å². The first-order valence-corrected chi connectivity index (χ1v) is 4.86. The first-order valence-electron chi connectivity index (χ1n) is 4.86. The van der Waals surface area contributed by atoms with Crippen LogP contribution in [0, 0.1) is 5.92 Å². The number of aliphatic carboxylic acids is 1. The van der Waals surface area contributed by atoms with Gasteiger partial charge in [0.1, 0.15) is 0 Å². The first kappa shape index (κ1) is 12.4. The highest BCUT2D eigenvalue weighted by atomic mass is 16.5. The summed E-state index contributed by atoms with van der Waals surface area (Å²) in [5.74, 6) is -0.337. The molecule has 0 aromatic carbocycles. The fourth-order valence-corrected chi connectivity index (χ4v) is 1.49. The molecule has 2 unspecified atom stereocenters. The number of carboxylic acid groups (broad SMARTS) is 1. The molecule has 0 saturated heterocycles. The lowest BCUT2D eigenvalue weighted by Crippen LogP contribution is -2.20. The van der Waals surface area contributed by atoms with E-state index in [9.17, 15) is 4.79 Å². The third-order valence-electron chi connectivity index (χ3n) is 2.42. The Morgan fingerprint density at radius 3 is 2.46 bits per heavy atom. The molecule has 0 bridgehead atoms. The van der Waals surface area contributed by atoms with Gasteiger partial charge in [0.2, 0.25) is 0 Å². The summed E-state index contributed by atoms with van der Waals surface area (Å²) in [6.45, 7) is 4.11. The van der Waals surface area contributed by atoms with E-state index in [1.54, 1.807) is 7.11 Å². The third-order valence-corrected chi connectivity index (χ3v) is 2.42. The molecule has 2 atom stereocenters. The molecule has 0 amide bonds. The molecule has 0 aromatic rings. The lowest BCUT2D eigenvalue weighted by molar-refractivity contribution is -0.137. The van der Waals surface area contributed by atoms with Gasteiger partial charge in [0.05, 0.1) is 6.10 Å². The fourth-order valence-electron chi connectivity index (χ4n) is 1.49. The molecule has 0 aromatic heterocycles. The molecule has 0 fully saturated rings. The molecular weight excluding hydrogens is 168 g/mol. The number of methoxy groups -OCH3 is 1. The molecule has 3 heteroatoms. The Kier molecular flexibility index (Phi) is 6.59. The molecule has 0 saturated carbocycles. The van der Waals surface area contributed by atoms with Crippen molar-refractivity contribution in [1.82, 2.24) is 0 Å². The van der Waals surface area contributed by atoms with Crippen LogP contribution >= 0.6 is 0 Å². The van der Waals surface area contributed by atoms with Crippen LogP contribution in [0.2, 0.25) is 0 Å². The van der Waals surface area contributed by atoms with Crippen LogP contribution in [0.1, 0.15) is 39.5 Å². The van der Waals surface area contributed by atoms with Gasteiger partial charge in [-0.15, -0.1) is 0 Å². The van der Waals surface area contributed by atoms with Gasteiger partial charge in [-0.3, -0.25) is 4.79 Å². The van der Waals surface area contributed by atoms with Gasteiger partial charge in [-0.25, -0.2) is 0 Å². The summed E-state index contributed by atoms with van der Waals surface area (Å²) in [5, 5.41) is 8.54. The second-order valence-corrected chi connectivity index (χ2v) is 3.42. The predicted molar refractivity (Wildman–Crippen MR) is 51.7 cm³/mol. The Hall–Kier alpha value is -0.570. The Balaban J connectivity index is 3.86. The van der Waals surface area contributed by atoms with Crippen LogP contribution in [-0.2, 0) is 9.53 Å². The molecule has 0 rings (SSSR count). The van der Waals surface area contributed by atoms with Crippen molar-refractivity contribution in [3.8, 4) is 0 Å².